The van der Waals surface area contributed by atoms with Gasteiger partial charge in [-0.2, -0.15) is 0 Å². The fourth-order valence-electron chi connectivity index (χ4n) is 1.76. The van der Waals surface area contributed by atoms with E-state index in [0.717, 1.165) is 19.1 Å². The molecule has 1 rings (SSSR count). The maximum atomic E-state index is 9.65. The average Bonchev–Trinajstić information content (AvgIpc) is 3.18. The van der Waals surface area contributed by atoms with E-state index in [2.05, 4.69) is 17.3 Å². The Morgan fingerprint density at radius 3 is 2.72 bits per heavy atom. The second-order valence-electron chi connectivity index (χ2n) is 4.84. The van der Waals surface area contributed by atoms with Crippen LogP contribution < -0.4 is 5.32 Å². The summed E-state index contributed by atoms with van der Waals surface area (Å²) in [6, 6.07) is 0.804. The van der Waals surface area contributed by atoms with Crippen LogP contribution in [-0.4, -0.2) is 75.3 Å². The van der Waals surface area contributed by atoms with Crippen LogP contribution in [0.1, 0.15) is 19.8 Å². The minimum atomic E-state index is -0.433. The summed E-state index contributed by atoms with van der Waals surface area (Å²) in [5.41, 5.74) is 0. The highest BCUT2D eigenvalue weighted by molar-refractivity contribution is 4.82. The third-order valence-electron chi connectivity index (χ3n) is 3.08. The molecule has 108 valence electrons. The smallest absolute Gasteiger partial charge is 0.0897 e. The molecular formula is C13H28N2O3. The molecule has 1 unspecified atom stereocenters. The topological polar surface area (TPSA) is 54.0 Å². The number of aliphatic hydroxyl groups excluding tert-OH is 1. The van der Waals surface area contributed by atoms with Gasteiger partial charge in [0.25, 0.3) is 0 Å². The molecule has 1 atom stereocenters. The Kier molecular flexibility index (Phi) is 8.54. The number of nitrogens with one attached hydrogen (secondary N) is 1. The molecule has 0 heterocycles. The monoisotopic (exact) mass is 260 g/mol. The fourth-order valence-corrected chi connectivity index (χ4v) is 1.76. The van der Waals surface area contributed by atoms with E-state index < -0.39 is 6.10 Å². The number of aliphatic hydroxyl groups is 1. The minimum Gasteiger partial charge on any atom is -0.389 e. The van der Waals surface area contributed by atoms with Crippen LogP contribution in [-0.2, 0) is 9.47 Å². The Morgan fingerprint density at radius 1 is 1.33 bits per heavy atom. The van der Waals surface area contributed by atoms with E-state index in [9.17, 15) is 5.11 Å². The van der Waals surface area contributed by atoms with Crippen LogP contribution in [0.4, 0.5) is 0 Å². The van der Waals surface area contributed by atoms with Crippen molar-refractivity contribution >= 4 is 0 Å². The van der Waals surface area contributed by atoms with Gasteiger partial charge >= 0.3 is 0 Å². The minimum absolute atomic E-state index is 0.374. The molecule has 1 aliphatic rings. The van der Waals surface area contributed by atoms with Gasteiger partial charge in [-0.3, -0.25) is 0 Å². The van der Waals surface area contributed by atoms with Gasteiger partial charge in [0.15, 0.2) is 0 Å². The van der Waals surface area contributed by atoms with Gasteiger partial charge in [0.05, 0.1) is 25.9 Å². The first-order valence-corrected chi connectivity index (χ1v) is 6.98. The second kappa shape index (κ2) is 9.69. The van der Waals surface area contributed by atoms with Gasteiger partial charge in [0.1, 0.15) is 0 Å². The van der Waals surface area contributed by atoms with Crippen LogP contribution in [0.25, 0.3) is 0 Å². The number of hydrogen-bond donors (Lipinski definition) is 2. The molecule has 0 aliphatic heterocycles. The highest BCUT2D eigenvalue weighted by atomic mass is 16.5. The predicted octanol–water partition coefficient (Wildman–Crippen LogP) is 0.0842. The van der Waals surface area contributed by atoms with E-state index in [1.807, 2.05) is 6.92 Å². The van der Waals surface area contributed by atoms with Crippen molar-refractivity contribution in [3.63, 3.8) is 0 Å². The molecule has 0 saturated heterocycles. The van der Waals surface area contributed by atoms with Gasteiger partial charge < -0.3 is 24.8 Å². The molecule has 0 aromatic carbocycles. The van der Waals surface area contributed by atoms with Crippen LogP contribution in [0.3, 0.4) is 0 Å². The third-order valence-corrected chi connectivity index (χ3v) is 3.08. The highest BCUT2D eigenvalue weighted by Crippen LogP contribution is 2.24. The summed E-state index contributed by atoms with van der Waals surface area (Å²) in [5, 5.41) is 12.9. The lowest BCUT2D eigenvalue weighted by molar-refractivity contribution is 0.00645. The summed E-state index contributed by atoms with van der Waals surface area (Å²) in [4.78, 5) is 2.37. The molecule has 0 bridgehead atoms. The number of hydrogen-bond acceptors (Lipinski definition) is 5. The lowest BCUT2D eigenvalue weighted by Crippen LogP contribution is -2.36. The van der Waals surface area contributed by atoms with Crippen molar-refractivity contribution in [3.05, 3.63) is 0 Å². The Labute approximate surface area is 110 Å². The van der Waals surface area contributed by atoms with Gasteiger partial charge in [-0.05, 0) is 26.8 Å². The predicted molar refractivity (Wildman–Crippen MR) is 71.8 cm³/mol. The third kappa shape index (κ3) is 8.00. The van der Waals surface area contributed by atoms with Crippen molar-refractivity contribution < 1.29 is 14.6 Å². The van der Waals surface area contributed by atoms with E-state index in [-0.39, 0.29) is 0 Å². The second-order valence-corrected chi connectivity index (χ2v) is 4.84. The Hall–Kier alpha value is -0.200. The average molecular weight is 260 g/mol. The summed E-state index contributed by atoms with van der Waals surface area (Å²) in [6.45, 7) is 6.74. The summed E-state index contributed by atoms with van der Waals surface area (Å²) in [6.07, 6.45) is 2.25. The van der Waals surface area contributed by atoms with E-state index in [1.54, 1.807) is 0 Å². The first kappa shape index (κ1) is 15.9. The lowest BCUT2D eigenvalue weighted by atomic mass is 10.3. The first-order chi connectivity index (χ1) is 8.74. The maximum absolute atomic E-state index is 9.65. The van der Waals surface area contributed by atoms with Crippen LogP contribution >= 0.6 is 0 Å². The van der Waals surface area contributed by atoms with Crippen molar-refractivity contribution in [1.29, 1.82) is 0 Å². The molecule has 0 spiro atoms. The van der Waals surface area contributed by atoms with Crippen LogP contribution in [0.15, 0.2) is 0 Å². The maximum Gasteiger partial charge on any atom is 0.0897 e. The molecular weight excluding hydrogens is 232 g/mol. The van der Waals surface area contributed by atoms with Gasteiger partial charge in [-0.1, -0.05) is 0 Å². The summed E-state index contributed by atoms with van der Waals surface area (Å²) < 4.78 is 10.4. The summed E-state index contributed by atoms with van der Waals surface area (Å²) in [7, 11) is 2.16. The van der Waals surface area contributed by atoms with Crippen LogP contribution in [0.5, 0.6) is 0 Å². The number of ether oxygens (including phenoxy) is 2. The Bertz CT molecular complexity index is 201. The zero-order chi connectivity index (χ0) is 13.2. The number of nitrogens with zero attached hydrogens (tertiary/aromatic N) is 1. The molecule has 1 fully saturated rings. The van der Waals surface area contributed by atoms with Crippen molar-refractivity contribution in [3.8, 4) is 0 Å². The molecule has 0 amide bonds. The molecule has 0 radical (unpaired) electrons. The molecule has 18 heavy (non-hydrogen) atoms. The van der Waals surface area contributed by atoms with Crippen molar-refractivity contribution in [1.82, 2.24) is 10.2 Å². The van der Waals surface area contributed by atoms with Crippen molar-refractivity contribution in [2.24, 2.45) is 0 Å². The summed E-state index contributed by atoms with van der Waals surface area (Å²) in [5.74, 6) is 0. The van der Waals surface area contributed by atoms with E-state index >= 15 is 0 Å². The standard InChI is InChI=1S/C13H28N2O3/c1-3-17-8-9-18-11-13(16)10-14-6-7-15(2)12-4-5-12/h12-14,16H,3-11H2,1-2H3. The lowest BCUT2D eigenvalue weighted by Gasteiger charge is -2.17. The first-order valence-electron chi connectivity index (χ1n) is 6.98. The van der Waals surface area contributed by atoms with E-state index in [0.29, 0.717) is 33.0 Å². The molecule has 5 heteroatoms. The van der Waals surface area contributed by atoms with Gasteiger partial charge in [0, 0.05) is 32.3 Å². The molecule has 2 N–H and O–H groups in total. The zero-order valence-corrected chi connectivity index (χ0v) is 11.7. The van der Waals surface area contributed by atoms with Crippen LogP contribution in [0, 0.1) is 0 Å². The quantitative estimate of drug-likeness (QED) is 0.487. The molecule has 1 saturated carbocycles. The van der Waals surface area contributed by atoms with E-state index in [4.69, 9.17) is 9.47 Å². The molecule has 0 aromatic heterocycles. The number of likely N-dealkylation sites (N-methyl/N-ethyl adjacent to an activating group) is 1. The zero-order valence-electron chi connectivity index (χ0n) is 11.7. The van der Waals surface area contributed by atoms with Crippen LogP contribution in [0.2, 0.25) is 0 Å². The van der Waals surface area contributed by atoms with Crippen molar-refractivity contribution in [2.45, 2.75) is 31.9 Å². The largest absolute Gasteiger partial charge is 0.389 e. The van der Waals surface area contributed by atoms with Gasteiger partial charge in [0.2, 0.25) is 0 Å². The highest BCUT2D eigenvalue weighted by Gasteiger charge is 2.25. The summed E-state index contributed by atoms with van der Waals surface area (Å²) >= 11 is 0. The molecule has 0 aromatic rings. The normalized spacial score (nSPS) is 17.3. The number of rotatable bonds is 12. The molecule has 5 nitrogen and oxygen atoms in total. The van der Waals surface area contributed by atoms with Gasteiger partial charge in [-0.25, -0.2) is 0 Å². The van der Waals surface area contributed by atoms with E-state index in [1.165, 1.54) is 12.8 Å². The Balaban J connectivity index is 1.82. The molecule has 1 aliphatic carbocycles. The van der Waals surface area contributed by atoms with Gasteiger partial charge in [-0.15, -0.1) is 0 Å². The fraction of sp³-hybridized carbons (Fsp3) is 1.00. The van der Waals surface area contributed by atoms with Crippen molar-refractivity contribution in [2.75, 3.05) is 53.1 Å². The SMILES string of the molecule is CCOCCOCC(O)CNCCN(C)C1CC1. The Morgan fingerprint density at radius 2 is 2.06 bits per heavy atom.